The number of nitrogens with zero attached hydrogens (tertiary/aromatic N) is 2. The molecule has 3 aromatic heterocycles. The highest BCUT2D eigenvalue weighted by Crippen LogP contribution is 2.40. The van der Waals surface area contributed by atoms with Crippen LogP contribution in [0.4, 0.5) is 4.79 Å². The molecule has 5 aromatic rings. The Labute approximate surface area is 252 Å². The summed E-state index contributed by atoms with van der Waals surface area (Å²) in [4.78, 5) is 34.4. The zero-order valence-electron chi connectivity index (χ0n) is 23.3. The van der Waals surface area contributed by atoms with Gasteiger partial charge in [0.25, 0.3) is 0 Å². The average Bonchev–Trinajstić information content (AvgIpc) is 3.80. The van der Waals surface area contributed by atoms with Gasteiger partial charge in [-0.2, -0.15) is 0 Å². The van der Waals surface area contributed by atoms with Gasteiger partial charge in [-0.05, 0) is 42.0 Å². The molecule has 1 aliphatic heterocycles. The van der Waals surface area contributed by atoms with Gasteiger partial charge in [0.2, 0.25) is 5.91 Å². The van der Waals surface area contributed by atoms with E-state index in [1.165, 1.54) is 15.0 Å². The first kappa shape index (κ1) is 27.8. The molecule has 42 heavy (non-hydrogen) atoms. The quantitative estimate of drug-likeness (QED) is 0.179. The van der Waals surface area contributed by atoms with Crippen LogP contribution in [-0.2, 0) is 4.79 Å². The lowest BCUT2D eigenvalue weighted by atomic mass is 10.0. The van der Waals surface area contributed by atoms with E-state index in [0.29, 0.717) is 6.54 Å². The van der Waals surface area contributed by atoms with Crippen molar-refractivity contribution in [2.75, 3.05) is 6.54 Å². The van der Waals surface area contributed by atoms with Crippen molar-refractivity contribution >= 4 is 44.1 Å². The SMILES string of the molecule is CC(C)[C@H](NC(=O)O)C(=O)N1CCCC1c1ncc(-c2ccc(-c3csc4c(C#Cc5ccccc5)csc34)cc2)[nH]1. The first-order chi connectivity index (χ1) is 20.4. The molecule has 9 heteroatoms. The van der Waals surface area contributed by atoms with Crippen LogP contribution in [-0.4, -0.2) is 44.6 Å². The third kappa shape index (κ3) is 5.56. The second-order valence-electron chi connectivity index (χ2n) is 10.7. The Bertz CT molecular complexity index is 1790. The standard InChI is InChI=1S/C33H30N4O3S2/c1-20(2)28(36-33(39)40)32(38)37-16-6-9-27(37)31-34-17-26(35-31)23-14-12-22(13-15-23)25-19-42-29-24(18-41-30(25)29)11-10-21-7-4-3-5-8-21/h3-5,7-8,12-15,17-20,27-28,36H,6,9,16H2,1-2H3,(H,34,35)(H,39,40)/t27?,28-/m0/s1. The number of imidazole rings is 1. The lowest BCUT2D eigenvalue weighted by Gasteiger charge is -2.29. The number of thiophene rings is 2. The van der Waals surface area contributed by atoms with Crippen molar-refractivity contribution in [1.29, 1.82) is 0 Å². The minimum Gasteiger partial charge on any atom is -0.465 e. The van der Waals surface area contributed by atoms with E-state index in [9.17, 15) is 14.7 Å². The van der Waals surface area contributed by atoms with E-state index in [2.05, 4.69) is 62.2 Å². The molecule has 7 nitrogen and oxygen atoms in total. The molecule has 0 radical (unpaired) electrons. The molecule has 212 valence electrons. The van der Waals surface area contributed by atoms with Gasteiger partial charge in [0.15, 0.2) is 0 Å². The number of aromatic amines is 1. The molecule has 1 aliphatic rings. The lowest BCUT2D eigenvalue weighted by Crippen LogP contribution is -2.50. The third-order valence-electron chi connectivity index (χ3n) is 7.57. The van der Waals surface area contributed by atoms with Crippen molar-refractivity contribution in [1.82, 2.24) is 20.2 Å². The first-order valence-electron chi connectivity index (χ1n) is 13.9. The monoisotopic (exact) mass is 594 g/mol. The molecule has 1 saturated heterocycles. The number of H-pyrrole nitrogens is 1. The van der Waals surface area contributed by atoms with Crippen LogP contribution in [0.1, 0.15) is 49.7 Å². The zero-order valence-corrected chi connectivity index (χ0v) is 24.9. The summed E-state index contributed by atoms with van der Waals surface area (Å²) in [5, 5.41) is 16.0. The maximum atomic E-state index is 13.3. The fraction of sp³-hybridized carbons (Fsp3) is 0.242. The number of carbonyl (C=O) groups is 2. The third-order valence-corrected chi connectivity index (χ3v) is 9.72. The number of amides is 2. The topological polar surface area (TPSA) is 98.3 Å². The van der Waals surface area contributed by atoms with E-state index in [1.54, 1.807) is 33.8 Å². The Kier molecular flexibility index (Phi) is 7.83. The summed E-state index contributed by atoms with van der Waals surface area (Å²) in [6, 6.07) is 17.5. The number of rotatable bonds is 6. The number of aromatic nitrogens is 2. The van der Waals surface area contributed by atoms with Gasteiger partial charge in [0.05, 0.1) is 32.9 Å². The smallest absolute Gasteiger partial charge is 0.405 e. The van der Waals surface area contributed by atoms with Gasteiger partial charge in [-0.3, -0.25) is 4.79 Å². The van der Waals surface area contributed by atoms with Gasteiger partial charge in [-0.15, -0.1) is 22.7 Å². The lowest BCUT2D eigenvalue weighted by molar-refractivity contribution is -0.135. The van der Waals surface area contributed by atoms with Crippen LogP contribution in [0, 0.1) is 17.8 Å². The summed E-state index contributed by atoms with van der Waals surface area (Å²) in [5.74, 6) is 6.96. The molecule has 2 aromatic carbocycles. The van der Waals surface area contributed by atoms with Crippen molar-refractivity contribution < 1.29 is 14.7 Å². The Morgan fingerprint density at radius 3 is 2.50 bits per heavy atom. The molecule has 4 heterocycles. The molecule has 3 N–H and O–H groups in total. The molecule has 2 atom stereocenters. The number of carboxylic acid groups (broad SMARTS) is 1. The predicted octanol–water partition coefficient (Wildman–Crippen LogP) is 7.38. The highest BCUT2D eigenvalue weighted by molar-refractivity contribution is 7.27. The summed E-state index contributed by atoms with van der Waals surface area (Å²) in [5.41, 5.74) is 6.31. The maximum Gasteiger partial charge on any atom is 0.405 e. The van der Waals surface area contributed by atoms with Crippen molar-refractivity contribution in [3.63, 3.8) is 0 Å². The van der Waals surface area contributed by atoms with Crippen LogP contribution < -0.4 is 5.32 Å². The van der Waals surface area contributed by atoms with Crippen molar-refractivity contribution in [3.05, 3.63) is 88.5 Å². The number of benzene rings is 2. The fourth-order valence-electron chi connectivity index (χ4n) is 5.39. The molecule has 0 spiro atoms. The van der Waals surface area contributed by atoms with Crippen molar-refractivity contribution in [3.8, 4) is 34.2 Å². The molecule has 6 rings (SSSR count). The number of likely N-dealkylation sites (tertiary alicyclic amines) is 1. The van der Waals surface area contributed by atoms with Gasteiger partial charge in [-0.25, -0.2) is 9.78 Å². The van der Waals surface area contributed by atoms with Gasteiger partial charge < -0.3 is 20.3 Å². The first-order valence-corrected chi connectivity index (χ1v) is 15.7. The summed E-state index contributed by atoms with van der Waals surface area (Å²) >= 11 is 3.45. The number of nitrogens with one attached hydrogen (secondary N) is 2. The van der Waals surface area contributed by atoms with Gasteiger partial charge >= 0.3 is 6.09 Å². The van der Waals surface area contributed by atoms with Crippen LogP contribution in [0.2, 0.25) is 0 Å². The highest BCUT2D eigenvalue weighted by atomic mass is 32.1. The number of carbonyl (C=O) groups excluding carboxylic acids is 1. The molecule has 1 unspecified atom stereocenters. The molecule has 0 bridgehead atoms. The van der Waals surface area contributed by atoms with Crippen LogP contribution in [0.3, 0.4) is 0 Å². The van der Waals surface area contributed by atoms with Gasteiger partial charge in [0, 0.05) is 28.4 Å². The Hall–Kier alpha value is -4.39. The largest absolute Gasteiger partial charge is 0.465 e. The van der Waals surface area contributed by atoms with Gasteiger partial charge in [-0.1, -0.05) is 68.2 Å². The molecular formula is C33H30N4O3S2. The fourth-order valence-corrected chi connectivity index (χ4v) is 7.70. The van der Waals surface area contributed by atoms with E-state index < -0.39 is 12.1 Å². The second kappa shape index (κ2) is 11.8. The van der Waals surface area contributed by atoms with Crippen LogP contribution in [0.25, 0.3) is 31.8 Å². The molecule has 0 saturated carbocycles. The zero-order chi connectivity index (χ0) is 29.2. The van der Waals surface area contributed by atoms with E-state index >= 15 is 0 Å². The second-order valence-corrected chi connectivity index (χ2v) is 12.5. The van der Waals surface area contributed by atoms with Gasteiger partial charge in [0.1, 0.15) is 11.9 Å². The van der Waals surface area contributed by atoms with Crippen LogP contribution in [0.15, 0.2) is 71.6 Å². The Balaban J connectivity index is 1.19. The highest BCUT2D eigenvalue weighted by Gasteiger charge is 2.37. The Morgan fingerprint density at radius 1 is 1.02 bits per heavy atom. The summed E-state index contributed by atoms with van der Waals surface area (Å²) in [6.07, 6.45) is 2.24. The molecule has 0 aliphatic carbocycles. The van der Waals surface area contributed by atoms with Crippen molar-refractivity contribution in [2.45, 2.75) is 38.8 Å². The van der Waals surface area contributed by atoms with Crippen LogP contribution in [0.5, 0.6) is 0 Å². The van der Waals surface area contributed by atoms with E-state index in [0.717, 1.165) is 46.6 Å². The number of hydrogen-bond donors (Lipinski definition) is 3. The van der Waals surface area contributed by atoms with E-state index in [-0.39, 0.29) is 17.9 Å². The Morgan fingerprint density at radius 2 is 1.76 bits per heavy atom. The average molecular weight is 595 g/mol. The minimum atomic E-state index is -1.19. The summed E-state index contributed by atoms with van der Waals surface area (Å²) in [6.45, 7) is 4.27. The number of hydrogen-bond acceptors (Lipinski definition) is 5. The van der Waals surface area contributed by atoms with Crippen LogP contribution >= 0.6 is 22.7 Å². The predicted molar refractivity (Wildman–Crippen MR) is 169 cm³/mol. The molecular weight excluding hydrogens is 565 g/mol. The maximum absolute atomic E-state index is 13.3. The van der Waals surface area contributed by atoms with E-state index in [1.807, 2.05) is 44.2 Å². The van der Waals surface area contributed by atoms with Crippen molar-refractivity contribution in [2.24, 2.45) is 5.92 Å². The normalized spacial score (nSPS) is 15.5. The summed E-state index contributed by atoms with van der Waals surface area (Å²) in [7, 11) is 0. The van der Waals surface area contributed by atoms with E-state index in [4.69, 9.17) is 0 Å². The molecule has 1 fully saturated rings. The minimum absolute atomic E-state index is 0.159. The number of fused-ring (bicyclic) bond motifs is 1. The molecule has 2 amide bonds. The summed E-state index contributed by atoms with van der Waals surface area (Å²) < 4.78 is 2.46.